The summed E-state index contributed by atoms with van der Waals surface area (Å²) in [5.74, 6) is -1.22. The fourth-order valence-corrected chi connectivity index (χ4v) is 2.73. The quantitative estimate of drug-likeness (QED) is 0.435. The highest BCUT2D eigenvalue weighted by Crippen LogP contribution is 2.28. The molecule has 3 aromatic carbocycles. The summed E-state index contributed by atoms with van der Waals surface area (Å²) >= 11 is 5.80. The average Bonchev–Trinajstić information content (AvgIpc) is 2.69. The third-order valence-electron chi connectivity index (χ3n) is 3.85. The van der Waals surface area contributed by atoms with Crippen molar-refractivity contribution in [2.45, 2.75) is 0 Å². The molecule has 1 amide bonds. The number of amides is 1. The Hall–Kier alpha value is -3.58. The van der Waals surface area contributed by atoms with Gasteiger partial charge in [-0.25, -0.2) is 10.2 Å². The van der Waals surface area contributed by atoms with Gasteiger partial charge in [0.15, 0.2) is 6.61 Å². The predicted octanol–water partition coefficient (Wildman–Crippen LogP) is 3.43. The van der Waals surface area contributed by atoms with E-state index < -0.39 is 18.5 Å². The van der Waals surface area contributed by atoms with Crippen molar-refractivity contribution in [3.05, 3.63) is 70.7 Å². The van der Waals surface area contributed by atoms with E-state index in [1.54, 1.807) is 18.2 Å². The van der Waals surface area contributed by atoms with E-state index in [0.29, 0.717) is 11.3 Å². The van der Waals surface area contributed by atoms with Gasteiger partial charge in [0.2, 0.25) is 0 Å². The Labute approximate surface area is 164 Å². The predicted molar refractivity (Wildman–Crippen MR) is 105 cm³/mol. The highest BCUT2D eigenvalue weighted by atomic mass is 35.5. The van der Waals surface area contributed by atoms with Crippen LogP contribution in [0.15, 0.2) is 59.7 Å². The number of carboxylic acids is 1. The van der Waals surface area contributed by atoms with E-state index in [1.165, 1.54) is 24.4 Å². The van der Waals surface area contributed by atoms with Gasteiger partial charge in [-0.1, -0.05) is 35.9 Å². The first-order valence-electron chi connectivity index (χ1n) is 8.14. The van der Waals surface area contributed by atoms with Gasteiger partial charge in [-0.2, -0.15) is 5.10 Å². The fourth-order valence-electron chi connectivity index (χ4n) is 2.55. The normalized spacial score (nSPS) is 10.9. The van der Waals surface area contributed by atoms with Crippen LogP contribution in [0.1, 0.15) is 15.9 Å². The zero-order valence-corrected chi connectivity index (χ0v) is 15.2. The number of carboxylic acid groups (broad SMARTS) is 1. The number of hydrogen-bond acceptors (Lipinski definition) is 5. The number of nitrogens with one attached hydrogen (secondary N) is 1. The molecule has 0 aromatic heterocycles. The minimum absolute atomic E-state index is 0.0690. The Morgan fingerprint density at radius 1 is 1.11 bits per heavy atom. The van der Waals surface area contributed by atoms with Gasteiger partial charge in [0, 0.05) is 16.5 Å². The van der Waals surface area contributed by atoms with E-state index in [9.17, 15) is 14.7 Å². The fraction of sp³-hybridized carbons (Fsp3) is 0.0500. The van der Waals surface area contributed by atoms with Crippen molar-refractivity contribution in [3.8, 4) is 11.5 Å². The zero-order chi connectivity index (χ0) is 20.1. The number of aliphatic carboxylic acids is 1. The maximum absolute atomic E-state index is 12.1. The van der Waals surface area contributed by atoms with E-state index in [4.69, 9.17) is 21.4 Å². The Bertz CT molecular complexity index is 1080. The van der Waals surface area contributed by atoms with Gasteiger partial charge in [-0.3, -0.25) is 4.79 Å². The minimum Gasteiger partial charge on any atom is -0.506 e. The van der Waals surface area contributed by atoms with Crippen LogP contribution in [0.25, 0.3) is 10.8 Å². The van der Waals surface area contributed by atoms with Gasteiger partial charge in [-0.15, -0.1) is 0 Å². The molecule has 8 heteroatoms. The van der Waals surface area contributed by atoms with Gasteiger partial charge >= 0.3 is 5.97 Å². The number of carbonyl (C=O) groups excluding carboxylic acids is 1. The molecule has 0 fully saturated rings. The summed E-state index contributed by atoms with van der Waals surface area (Å²) in [6, 6.07) is 14.7. The molecular weight excluding hydrogens is 384 g/mol. The number of aromatic hydroxyl groups is 1. The van der Waals surface area contributed by atoms with Crippen molar-refractivity contribution < 1.29 is 24.5 Å². The lowest BCUT2D eigenvalue weighted by Gasteiger charge is -2.09. The Kier molecular flexibility index (Phi) is 5.76. The molecule has 3 aromatic rings. The van der Waals surface area contributed by atoms with Crippen molar-refractivity contribution in [1.82, 2.24) is 5.43 Å². The highest BCUT2D eigenvalue weighted by Gasteiger charge is 2.09. The van der Waals surface area contributed by atoms with Crippen LogP contribution in [-0.4, -0.2) is 34.9 Å². The molecule has 7 nitrogen and oxygen atoms in total. The second-order valence-electron chi connectivity index (χ2n) is 5.75. The summed E-state index contributed by atoms with van der Waals surface area (Å²) in [5, 5.41) is 23.7. The maximum atomic E-state index is 12.1. The Balaban J connectivity index is 1.80. The molecule has 0 radical (unpaired) electrons. The van der Waals surface area contributed by atoms with Crippen LogP contribution in [0.2, 0.25) is 5.02 Å². The molecule has 0 saturated carbocycles. The first-order valence-corrected chi connectivity index (χ1v) is 8.52. The molecule has 0 aliphatic carbocycles. The van der Waals surface area contributed by atoms with E-state index in [-0.39, 0.29) is 16.3 Å². The topological polar surface area (TPSA) is 108 Å². The number of carbonyl (C=O) groups is 2. The summed E-state index contributed by atoms with van der Waals surface area (Å²) < 4.78 is 5.31. The molecule has 28 heavy (non-hydrogen) atoms. The number of phenols is 1. The third-order valence-corrected chi connectivity index (χ3v) is 4.15. The average molecular weight is 399 g/mol. The molecular formula is C20H15ClN2O5. The van der Waals surface area contributed by atoms with Crippen molar-refractivity contribution in [1.29, 1.82) is 0 Å². The number of ether oxygens (including phenoxy) is 1. The van der Waals surface area contributed by atoms with Crippen LogP contribution in [0.5, 0.6) is 11.5 Å². The Morgan fingerprint density at radius 2 is 1.86 bits per heavy atom. The molecule has 0 bridgehead atoms. The standard InChI is InChI=1S/C20H15ClN2O5/c21-16-9-12(5-7-17(16)24)20(27)23-22-10-13-6-8-18(28-11-19(25)26)15-4-2-1-3-14(13)15/h1-10,24H,11H2,(H,23,27)(H,25,26)/b22-10+. The highest BCUT2D eigenvalue weighted by molar-refractivity contribution is 6.32. The smallest absolute Gasteiger partial charge is 0.341 e. The second-order valence-corrected chi connectivity index (χ2v) is 6.15. The number of hydrogen-bond donors (Lipinski definition) is 3. The first-order chi connectivity index (χ1) is 13.5. The van der Waals surface area contributed by atoms with Crippen molar-refractivity contribution in [2.24, 2.45) is 5.10 Å². The van der Waals surface area contributed by atoms with Crippen molar-refractivity contribution in [2.75, 3.05) is 6.61 Å². The number of rotatable bonds is 6. The zero-order valence-electron chi connectivity index (χ0n) is 14.4. The van der Waals surface area contributed by atoms with Gasteiger partial charge in [-0.05, 0) is 35.7 Å². The molecule has 0 aliphatic rings. The number of benzene rings is 3. The number of halogens is 1. The summed E-state index contributed by atoms with van der Waals surface area (Å²) in [6.07, 6.45) is 1.48. The molecule has 0 atom stereocenters. The maximum Gasteiger partial charge on any atom is 0.341 e. The molecule has 3 N–H and O–H groups in total. The summed E-state index contributed by atoms with van der Waals surface area (Å²) in [4.78, 5) is 22.9. The lowest BCUT2D eigenvalue weighted by atomic mass is 10.0. The lowest BCUT2D eigenvalue weighted by Crippen LogP contribution is -2.17. The minimum atomic E-state index is -1.06. The van der Waals surface area contributed by atoms with Crippen LogP contribution < -0.4 is 10.2 Å². The van der Waals surface area contributed by atoms with Crippen LogP contribution in [0, 0.1) is 0 Å². The molecule has 0 aliphatic heterocycles. The van der Waals surface area contributed by atoms with Gasteiger partial charge in [0.25, 0.3) is 5.91 Å². The third kappa shape index (κ3) is 4.39. The molecule has 3 rings (SSSR count). The van der Waals surface area contributed by atoms with Gasteiger partial charge in [0.1, 0.15) is 11.5 Å². The molecule has 0 heterocycles. The van der Waals surface area contributed by atoms with Crippen LogP contribution in [0.3, 0.4) is 0 Å². The molecule has 0 spiro atoms. The van der Waals surface area contributed by atoms with E-state index in [1.807, 2.05) is 18.2 Å². The number of hydrazone groups is 1. The lowest BCUT2D eigenvalue weighted by molar-refractivity contribution is -0.139. The van der Waals surface area contributed by atoms with Crippen molar-refractivity contribution in [3.63, 3.8) is 0 Å². The second kappa shape index (κ2) is 8.41. The van der Waals surface area contributed by atoms with E-state index in [0.717, 1.165) is 10.8 Å². The SMILES string of the molecule is O=C(O)COc1ccc(/C=N/NC(=O)c2ccc(O)c(Cl)c2)c2ccccc12. The molecule has 142 valence electrons. The number of fused-ring (bicyclic) bond motifs is 1. The van der Waals surface area contributed by atoms with Crippen LogP contribution in [0.4, 0.5) is 0 Å². The summed E-state index contributed by atoms with van der Waals surface area (Å²) in [6.45, 7) is -0.442. The summed E-state index contributed by atoms with van der Waals surface area (Å²) in [7, 11) is 0. The largest absolute Gasteiger partial charge is 0.506 e. The van der Waals surface area contributed by atoms with Crippen LogP contribution >= 0.6 is 11.6 Å². The monoisotopic (exact) mass is 398 g/mol. The Morgan fingerprint density at radius 3 is 2.57 bits per heavy atom. The van der Waals surface area contributed by atoms with E-state index in [2.05, 4.69) is 10.5 Å². The van der Waals surface area contributed by atoms with E-state index >= 15 is 0 Å². The number of nitrogens with zero attached hydrogens (tertiary/aromatic N) is 1. The molecule has 0 saturated heterocycles. The first kappa shape index (κ1) is 19.2. The van der Waals surface area contributed by atoms with Gasteiger partial charge in [0.05, 0.1) is 11.2 Å². The van der Waals surface area contributed by atoms with Crippen molar-refractivity contribution >= 4 is 40.5 Å². The number of phenolic OH excluding ortho intramolecular Hbond substituents is 1. The summed E-state index contributed by atoms with van der Waals surface area (Å²) in [5.41, 5.74) is 3.36. The van der Waals surface area contributed by atoms with Gasteiger partial charge < -0.3 is 14.9 Å². The van der Waals surface area contributed by atoms with Crippen LogP contribution in [-0.2, 0) is 4.79 Å². The molecule has 0 unspecified atom stereocenters.